The lowest BCUT2D eigenvalue weighted by molar-refractivity contribution is 0.124. The summed E-state index contributed by atoms with van der Waals surface area (Å²) in [4.78, 5) is 4.02. The molecule has 1 aliphatic rings. The molecule has 0 aromatic heterocycles. The predicted molar refractivity (Wildman–Crippen MR) is 76.6 cm³/mol. The van der Waals surface area contributed by atoms with E-state index in [0.717, 1.165) is 0 Å². The summed E-state index contributed by atoms with van der Waals surface area (Å²) in [6.07, 6.45) is 2.75. The number of rotatable bonds is 4. The average Bonchev–Trinajstić information content (AvgIpc) is 2.29. The molecule has 0 aliphatic carbocycles. The third-order valence-corrected chi connectivity index (χ3v) is 4.39. The van der Waals surface area contributed by atoms with Crippen LogP contribution < -0.4 is 0 Å². The first-order chi connectivity index (χ1) is 8.16. The molecule has 1 aromatic rings. The molecular formula is C15H23NS. The fraction of sp³-hybridized carbons (Fsp3) is 0.600. The summed E-state index contributed by atoms with van der Waals surface area (Å²) in [6, 6.07) is 10.7. The van der Waals surface area contributed by atoms with E-state index >= 15 is 0 Å². The topological polar surface area (TPSA) is 3.24 Å². The molecule has 1 aromatic carbocycles. The first-order valence-corrected chi connectivity index (χ1v) is 7.54. The van der Waals surface area contributed by atoms with Gasteiger partial charge in [0, 0.05) is 23.7 Å². The molecule has 94 valence electrons. The van der Waals surface area contributed by atoms with Crippen molar-refractivity contribution < 1.29 is 0 Å². The Morgan fingerprint density at radius 1 is 1.24 bits per heavy atom. The van der Waals surface area contributed by atoms with E-state index < -0.39 is 0 Å². The maximum absolute atomic E-state index is 2.62. The van der Waals surface area contributed by atoms with Gasteiger partial charge < -0.3 is 4.90 Å². The normalized spacial score (nSPS) is 20.4. The molecule has 1 nitrogen and oxygen atoms in total. The lowest BCUT2D eigenvalue weighted by Crippen LogP contribution is -2.41. The number of hydrogen-bond donors (Lipinski definition) is 0. The minimum Gasteiger partial charge on any atom is -0.302 e. The van der Waals surface area contributed by atoms with Gasteiger partial charge in [0.25, 0.3) is 0 Å². The summed E-state index contributed by atoms with van der Waals surface area (Å²) in [5.74, 6) is 1.21. The molecule has 1 heterocycles. The van der Waals surface area contributed by atoms with Crippen LogP contribution in [-0.4, -0.2) is 30.3 Å². The molecule has 1 saturated heterocycles. The Morgan fingerprint density at radius 3 is 2.71 bits per heavy atom. The van der Waals surface area contributed by atoms with Crippen molar-refractivity contribution in [2.75, 3.05) is 25.4 Å². The minimum atomic E-state index is 0.523. The number of thioether (sulfide) groups is 1. The number of likely N-dealkylation sites (tertiary alicyclic amines) is 1. The minimum absolute atomic E-state index is 0.523. The van der Waals surface area contributed by atoms with E-state index in [9.17, 15) is 0 Å². The molecule has 0 amide bonds. The van der Waals surface area contributed by atoms with Gasteiger partial charge in [0.05, 0.1) is 0 Å². The Labute approximate surface area is 110 Å². The molecule has 0 N–H and O–H groups in total. The lowest BCUT2D eigenvalue weighted by Gasteiger charge is -2.38. The smallest absolute Gasteiger partial charge is 0.0108 e. The zero-order chi connectivity index (χ0) is 12.1. The third-order valence-electron chi connectivity index (χ3n) is 3.40. The van der Waals surface area contributed by atoms with Gasteiger partial charge in [-0.3, -0.25) is 0 Å². The molecule has 0 spiro atoms. The second-order valence-corrected chi connectivity index (χ2v) is 6.87. The van der Waals surface area contributed by atoms with Crippen LogP contribution in [0.5, 0.6) is 0 Å². The Hall–Kier alpha value is -0.470. The third kappa shape index (κ3) is 4.36. The molecule has 17 heavy (non-hydrogen) atoms. The van der Waals surface area contributed by atoms with E-state index in [1.54, 1.807) is 0 Å². The van der Waals surface area contributed by atoms with Crippen molar-refractivity contribution in [3.05, 3.63) is 30.3 Å². The monoisotopic (exact) mass is 249 g/mol. The number of benzene rings is 1. The van der Waals surface area contributed by atoms with Gasteiger partial charge in [-0.05, 0) is 36.9 Å². The molecular weight excluding hydrogens is 226 g/mol. The van der Waals surface area contributed by atoms with Crippen LogP contribution in [0.15, 0.2) is 35.2 Å². The van der Waals surface area contributed by atoms with Gasteiger partial charge in [0.15, 0.2) is 0 Å². The van der Waals surface area contributed by atoms with Crippen molar-refractivity contribution in [3.63, 3.8) is 0 Å². The maximum Gasteiger partial charge on any atom is 0.0108 e. The largest absolute Gasteiger partial charge is 0.302 e. The van der Waals surface area contributed by atoms with E-state index in [-0.39, 0.29) is 0 Å². The van der Waals surface area contributed by atoms with Crippen LogP contribution in [0.25, 0.3) is 0 Å². The zero-order valence-electron chi connectivity index (χ0n) is 11.0. The summed E-state index contributed by atoms with van der Waals surface area (Å²) in [7, 11) is 0. The molecule has 0 saturated carbocycles. The lowest BCUT2D eigenvalue weighted by atomic mass is 9.84. The van der Waals surface area contributed by atoms with Crippen molar-refractivity contribution in [2.24, 2.45) is 5.41 Å². The van der Waals surface area contributed by atoms with Crippen LogP contribution in [0.3, 0.4) is 0 Å². The highest BCUT2D eigenvalue weighted by Gasteiger charge is 2.25. The Bertz CT molecular complexity index is 334. The Balaban J connectivity index is 1.72. The summed E-state index contributed by atoms with van der Waals surface area (Å²) in [5, 5.41) is 0. The number of piperidine rings is 1. The van der Waals surface area contributed by atoms with Crippen molar-refractivity contribution in [1.82, 2.24) is 4.90 Å². The van der Waals surface area contributed by atoms with E-state index in [2.05, 4.69) is 49.1 Å². The van der Waals surface area contributed by atoms with E-state index in [1.807, 2.05) is 11.8 Å². The van der Waals surface area contributed by atoms with Gasteiger partial charge in [-0.25, -0.2) is 0 Å². The highest BCUT2D eigenvalue weighted by atomic mass is 32.2. The van der Waals surface area contributed by atoms with Crippen LogP contribution >= 0.6 is 11.8 Å². The highest BCUT2D eigenvalue weighted by Crippen LogP contribution is 2.28. The highest BCUT2D eigenvalue weighted by molar-refractivity contribution is 7.99. The quantitative estimate of drug-likeness (QED) is 0.745. The summed E-state index contributed by atoms with van der Waals surface area (Å²) in [5.41, 5.74) is 0.523. The summed E-state index contributed by atoms with van der Waals surface area (Å²) < 4.78 is 0. The van der Waals surface area contributed by atoms with Gasteiger partial charge in [0.2, 0.25) is 0 Å². The van der Waals surface area contributed by atoms with Crippen LogP contribution in [0.4, 0.5) is 0 Å². The van der Waals surface area contributed by atoms with Crippen LogP contribution in [0.2, 0.25) is 0 Å². The molecule has 1 aliphatic heterocycles. The molecule has 0 radical (unpaired) electrons. The van der Waals surface area contributed by atoms with Gasteiger partial charge in [-0.2, -0.15) is 0 Å². The van der Waals surface area contributed by atoms with Crippen LogP contribution in [-0.2, 0) is 0 Å². The second kappa shape index (κ2) is 5.92. The van der Waals surface area contributed by atoms with Crippen molar-refractivity contribution in [3.8, 4) is 0 Å². The van der Waals surface area contributed by atoms with E-state index in [0.29, 0.717) is 5.41 Å². The fourth-order valence-corrected chi connectivity index (χ4v) is 3.48. The number of hydrogen-bond acceptors (Lipinski definition) is 2. The molecule has 1 fully saturated rings. The van der Waals surface area contributed by atoms with Crippen LogP contribution in [0.1, 0.15) is 26.7 Å². The maximum atomic E-state index is 2.62. The average molecular weight is 249 g/mol. The SMILES string of the molecule is CC1(C)CCCN(CCSc2ccccc2)C1. The van der Waals surface area contributed by atoms with Crippen molar-refractivity contribution in [1.29, 1.82) is 0 Å². The van der Waals surface area contributed by atoms with Crippen molar-refractivity contribution in [2.45, 2.75) is 31.6 Å². The molecule has 0 atom stereocenters. The number of nitrogens with zero attached hydrogens (tertiary/aromatic N) is 1. The van der Waals surface area contributed by atoms with Gasteiger partial charge >= 0.3 is 0 Å². The van der Waals surface area contributed by atoms with Gasteiger partial charge in [0.1, 0.15) is 0 Å². The second-order valence-electron chi connectivity index (χ2n) is 5.71. The fourth-order valence-electron chi connectivity index (χ4n) is 2.54. The first-order valence-electron chi connectivity index (χ1n) is 6.56. The zero-order valence-corrected chi connectivity index (χ0v) is 11.8. The molecule has 2 heteroatoms. The van der Waals surface area contributed by atoms with E-state index in [1.165, 1.54) is 43.1 Å². The standard InChI is InChI=1S/C15H23NS/c1-15(2)9-6-10-16(13-15)11-12-17-14-7-4-3-5-8-14/h3-5,7-8H,6,9-13H2,1-2H3. The predicted octanol–water partition coefficient (Wildman–Crippen LogP) is 3.90. The first kappa shape index (κ1) is 13.0. The van der Waals surface area contributed by atoms with Gasteiger partial charge in [-0.15, -0.1) is 11.8 Å². The van der Waals surface area contributed by atoms with Gasteiger partial charge in [-0.1, -0.05) is 32.0 Å². The summed E-state index contributed by atoms with van der Waals surface area (Å²) >= 11 is 1.97. The summed E-state index contributed by atoms with van der Waals surface area (Å²) in [6.45, 7) is 8.57. The van der Waals surface area contributed by atoms with E-state index in [4.69, 9.17) is 0 Å². The molecule has 0 bridgehead atoms. The Kier molecular flexibility index (Phi) is 4.52. The van der Waals surface area contributed by atoms with Crippen molar-refractivity contribution >= 4 is 11.8 Å². The molecule has 0 unspecified atom stereocenters. The van der Waals surface area contributed by atoms with Crippen LogP contribution in [0, 0.1) is 5.41 Å². The Morgan fingerprint density at radius 2 is 2.00 bits per heavy atom. The molecule has 2 rings (SSSR count).